The van der Waals surface area contributed by atoms with Crippen molar-refractivity contribution < 1.29 is 19.4 Å². The Balaban J connectivity index is 1.84. The van der Waals surface area contributed by atoms with E-state index in [4.69, 9.17) is 14.6 Å². The highest BCUT2D eigenvalue weighted by Crippen LogP contribution is 2.35. The van der Waals surface area contributed by atoms with Gasteiger partial charge in [0.1, 0.15) is 5.75 Å². The van der Waals surface area contributed by atoms with Gasteiger partial charge >= 0.3 is 5.97 Å². The van der Waals surface area contributed by atoms with Crippen LogP contribution in [0.25, 0.3) is 11.1 Å². The Kier molecular flexibility index (Phi) is 5.43. The number of hydrogen-bond donors (Lipinski definition) is 1. The fourth-order valence-electron chi connectivity index (χ4n) is 2.52. The summed E-state index contributed by atoms with van der Waals surface area (Å²) < 4.78 is 11.3. The minimum Gasteiger partial charge on any atom is -0.481 e. The van der Waals surface area contributed by atoms with Gasteiger partial charge in [-0.05, 0) is 48.4 Å². The zero-order valence-electron chi connectivity index (χ0n) is 14.3. The minimum atomic E-state index is -0.811. The second kappa shape index (κ2) is 8.11. The third kappa shape index (κ3) is 4.16. The molecule has 3 aromatic rings. The largest absolute Gasteiger partial charge is 0.481 e. The van der Waals surface area contributed by atoms with Gasteiger partial charge in [0, 0.05) is 29.9 Å². The number of hydrogen-bond acceptors (Lipinski definition) is 5. The first-order chi connectivity index (χ1) is 12.7. The van der Waals surface area contributed by atoms with Crippen LogP contribution in [0.2, 0.25) is 0 Å². The summed E-state index contributed by atoms with van der Waals surface area (Å²) in [6.07, 6.45) is 3.90. The highest BCUT2D eigenvalue weighted by atomic mass is 16.5. The van der Waals surface area contributed by atoms with Gasteiger partial charge in [-0.2, -0.15) is 0 Å². The number of aromatic nitrogens is 2. The fourth-order valence-corrected chi connectivity index (χ4v) is 2.52. The fraction of sp³-hybridized carbons (Fsp3) is 0.150. The zero-order chi connectivity index (χ0) is 18.4. The third-order valence-corrected chi connectivity index (χ3v) is 3.79. The molecular weight excluding hydrogens is 332 g/mol. The van der Waals surface area contributed by atoms with Crippen molar-refractivity contribution in [1.29, 1.82) is 0 Å². The number of carboxylic acids is 1. The molecule has 0 aliphatic heterocycles. The van der Waals surface area contributed by atoms with Gasteiger partial charge in [0.15, 0.2) is 0 Å². The van der Waals surface area contributed by atoms with Crippen LogP contribution in [0, 0.1) is 0 Å². The van der Waals surface area contributed by atoms with Crippen molar-refractivity contribution in [3.8, 4) is 28.6 Å². The number of aryl methyl sites for hydroxylation is 1. The van der Waals surface area contributed by atoms with E-state index in [9.17, 15) is 4.79 Å². The molecule has 6 nitrogen and oxygen atoms in total. The van der Waals surface area contributed by atoms with Crippen LogP contribution in [0.4, 0.5) is 0 Å². The Labute approximate surface area is 151 Å². The molecule has 0 aliphatic carbocycles. The topological polar surface area (TPSA) is 81.5 Å². The molecule has 132 valence electrons. The maximum Gasteiger partial charge on any atom is 0.303 e. The van der Waals surface area contributed by atoms with Crippen LogP contribution >= 0.6 is 0 Å². The lowest BCUT2D eigenvalue weighted by molar-refractivity contribution is -0.136. The minimum absolute atomic E-state index is 0.103. The molecule has 26 heavy (non-hydrogen) atoms. The monoisotopic (exact) mass is 350 g/mol. The van der Waals surface area contributed by atoms with Crippen molar-refractivity contribution in [2.75, 3.05) is 7.11 Å². The molecule has 1 N–H and O–H groups in total. The van der Waals surface area contributed by atoms with Gasteiger partial charge in [-0.15, -0.1) is 0 Å². The number of rotatable bonds is 7. The normalized spacial score (nSPS) is 10.3. The summed E-state index contributed by atoms with van der Waals surface area (Å²) in [5.41, 5.74) is 2.50. The summed E-state index contributed by atoms with van der Waals surface area (Å²) in [5.74, 6) is 0.743. The van der Waals surface area contributed by atoms with Crippen molar-refractivity contribution in [2.24, 2.45) is 0 Å². The summed E-state index contributed by atoms with van der Waals surface area (Å²) in [7, 11) is 1.57. The van der Waals surface area contributed by atoms with Gasteiger partial charge in [0.05, 0.1) is 7.11 Å². The van der Waals surface area contributed by atoms with Gasteiger partial charge < -0.3 is 14.6 Å². The van der Waals surface area contributed by atoms with E-state index in [2.05, 4.69) is 9.97 Å². The third-order valence-electron chi connectivity index (χ3n) is 3.79. The van der Waals surface area contributed by atoms with Crippen LogP contribution in [0.1, 0.15) is 12.0 Å². The van der Waals surface area contributed by atoms with Crippen LogP contribution in [-0.2, 0) is 11.2 Å². The molecule has 0 amide bonds. The van der Waals surface area contributed by atoms with Crippen LogP contribution in [0.3, 0.4) is 0 Å². The molecule has 0 unspecified atom stereocenters. The molecule has 0 bridgehead atoms. The van der Waals surface area contributed by atoms with Crippen LogP contribution < -0.4 is 9.47 Å². The second-order valence-electron chi connectivity index (χ2n) is 5.56. The first kappa shape index (κ1) is 17.4. The summed E-state index contributed by atoms with van der Waals surface area (Å²) in [4.78, 5) is 19.2. The van der Waals surface area contributed by atoms with Crippen LogP contribution in [0.5, 0.6) is 17.5 Å². The smallest absolute Gasteiger partial charge is 0.303 e. The highest BCUT2D eigenvalue weighted by Gasteiger charge is 2.13. The quantitative estimate of drug-likeness (QED) is 0.694. The van der Waals surface area contributed by atoms with Crippen molar-refractivity contribution >= 4 is 5.97 Å². The molecule has 6 heteroatoms. The Morgan fingerprint density at radius 3 is 2.19 bits per heavy atom. The van der Waals surface area contributed by atoms with Gasteiger partial charge in [0.2, 0.25) is 11.8 Å². The van der Waals surface area contributed by atoms with E-state index in [0.717, 1.165) is 16.7 Å². The van der Waals surface area contributed by atoms with Crippen molar-refractivity contribution in [3.63, 3.8) is 0 Å². The molecule has 3 rings (SSSR count). The lowest BCUT2D eigenvalue weighted by Crippen LogP contribution is -1.97. The molecule has 0 saturated carbocycles. The van der Waals surface area contributed by atoms with E-state index in [0.29, 0.717) is 23.9 Å². The second-order valence-corrected chi connectivity index (χ2v) is 5.56. The molecule has 0 saturated heterocycles. The Bertz CT molecular complexity index is 894. The molecule has 0 aliphatic rings. The maximum atomic E-state index is 10.7. The van der Waals surface area contributed by atoms with Gasteiger partial charge in [-0.25, -0.2) is 9.97 Å². The number of benzene rings is 1. The van der Waals surface area contributed by atoms with E-state index in [1.54, 1.807) is 31.6 Å². The Morgan fingerprint density at radius 2 is 1.58 bits per heavy atom. The number of ether oxygens (including phenoxy) is 2. The number of nitrogens with zero attached hydrogens (tertiary/aromatic N) is 2. The number of aliphatic carboxylic acids is 1. The molecular formula is C20H18N2O4. The lowest BCUT2D eigenvalue weighted by Gasteiger charge is -2.12. The molecule has 1 aromatic carbocycles. The maximum absolute atomic E-state index is 10.7. The standard InChI is InChI=1S/C20H18N2O4/c1-25-19-16(4-2-12-21-19)17-5-3-13-22-20(17)26-15-9-6-14(7-10-15)8-11-18(23)24/h2-7,9-10,12-13H,8,11H2,1H3,(H,23,24). The average molecular weight is 350 g/mol. The van der Waals surface area contributed by atoms with Crippen LogP contribution in [-0.4, -0.2) is 28.2 Å². The Hall–Kier alpha value is -3.41. The van der Waals surface area contributed by atoms with E-state index in [1.165, 1.54) is 0 Å². The Morgan fingerprint density at radius 1 is 0.962 bits per heavy atom. The van der Waals surface area contributed by atoms with Crippen molar-refractivity contribution in [3.05, 3.63) is 66.5 Å². The summed E-state index contributed by atoms with van der Waals surface area (Å²) in [5, 5.41) is 8.76. The molecule has 0 fully saturated rings. The van der Waals surface area contributed by atoms with Gasteiger partial charge in [-0.1, -0.05) is 12.1 Å². The summed E-state index contributed by atoms with van der Waals surface area (Å²) in [6.45, 7) is 0. The van der Waals surface area contributed by atoms with E-state index < -0.39 is 5.97 Å². The molecule has 0 radical (unpaired) electrons. The van der Waals surface area contributed by atoms with Crippen molar-refractivity contribution in [1.82, 2.24) is 9.97 Å². The number of methoxy groups -OCH3 is 1. The average Bonchev–Trinajstić information content (AvgIpc) is 2.68. The first-order valence-corrected chi connectivity index (χ1v) is 8.10. The SMILES string of the molecule is COc1ncccc1-c1cccnc1Oc1ccc(CCC(=O)O)cc1. The summed E-state index contributed by atoms with van der Waals surface area (Å²) >= 11 is 0. The number of carbonyl (C=O) groups is 1. The van der Waals surface area contributed by atoms with Crippen LogP contribution in [0.15, 0.2) is 60.9 Å². The van der Waals surface area contributed by atoms with Crippen molar-refractivity contribution in [2.45, 2.75) is 12.8 Å². The van der Waals surface area contributed by atoms with Gasteiger partial charge in [0.25, 0.3) is 0 Å². The number of carboxylic acid groups (broad SMARTS) is 1. The molecule has 2 heterocycles. The zero-order valence-corrected chi connectivity index (χ0v) is 14.3. The first-order valence-electron chi connectivity index (χ1n) is 8.10. The van der Waals surface area contributed by atoms with E-state index in [-0.39, 0.29) is 6.42 Å². The van der Waals surface area contributed by atoms with E-state index in [1.807, 2.05) is 36.4 Å². The van der Waals surface area contributed by atoms with Gasteiger partial charge in [-0.3, -0.25) is 4.79 Å². The van der Waals surface area contributed by atoms with E-state index >= 15 is 0 Å². The lowest BCUT2D eigenvalue weighted by atomic mass is 10.1. The highest BCUT2D eigenvalue weighted by molar-refractivity contribution is 5.73. The summed E-state index contributed by atoms with van der Waals surface area (Å²) in [6, 6.07) is 14.7. The molecule has 0 spiro atoms. The molecule has 2 aromatic heterocycles. The predicted octanol–water partition coefficient (Wildman–Crippen LogP) is 3.96. The predicted molar refractivity (Wildman–Crippen MR) is 96.5 cm³/mol. The molecule has 0 atom stereocenters. The number of pyridine rings is 2.